The Morgan fingerprint density at radius 2 is 2.45 bits per heavy atom. The Bertz CT molecular complexity index is 163. The third-order valence-electron chi connectivity index (χ3n) is 1.42. The van der Waals surface area contributed by atoms with Crippen LogP contribution in [0.1, 0.15) is 6.92 Å². The summed E-state index contributed by atoms with van der Waals surface area (Å²) >= 11 is 0. The van der Waals surface area contributed by atoms with Gasteiger partial charge in [-0.05, 0) is 25.3 Å². The average Bonchev–Trinajstić information content (AvgIpc) is 2.03. The van der Waals surface area contributed by atoms with Crippen LogP contribution in [0.3, 0.4) is 0 Å². The van der Waals surface area contributed by atoms with Crippen LogP contribution in [-0.2, 0) is 0 Å². The maximum atomic E-state index is 8.95. The predicted octanol–water partition coefficient (Wildman–Crippen LogP) is -0.0440. The van der Waals surface area contributed by atoms with Gasteiger partial charge in [0.1, 0.15) is 0 Å². The lowest BCUT2D eigenvalue weighted by molar-refractivity contribution is 0.187. The van der Waals surface area contributed by atoms with Gasteiger partial charge >= 0.3 is 0 Å². The third-order valence-corrected chi connectivity index (χ3v) is 1.42. The normalized spacial score (nSPS) is 24.7. The van der Waals surface area contributed by atoms with E-state index in [0.29, 0.717) is 6.54 Å². The Balaban J connectivity index is 2.17. The van der Waals surface area contributed by atoms with E-state index in [1.807, 2.05) is 24.4 Å². The van der Waals surface area contributed by atoms with Crippen LogP contribution in [0, 0.1) is 0 Å². The molecule has 0 aromatic heterocycles. The van der Waals surface area contributed by atoms with Gasteiger partial charge in [0.05, 0.1) is 12.3 Å². The maximum absolute atomic E-state index is 8.95. The first-order chi connectivity index (χ1) is 5.29. The molecule has 3 N–H and O–H groups in total. The predicted molar refractivity (Wildman–Crippen MR) is 44.9 cm³/mol. The van der Waals surface area contributed by atoms with Crippen LogP contribution in [0.2, 0.25) is 0 Å². The Morgan fingerprint density at radius 3 is 3.00 bits per heavy atom. The second kappa shape index (κ2) is 4.16. The lowest BCUT2D eigenvalue weighted by Crippen LogP contribution is -2.41. The standard InChI is InChI=1S/C8H14N2O/c1-7(11)6-10-8-4-2-3-5-9-8/h2-5,7-11H,6H2,1H3/t7-,8?/m0/s1. The molecule has 11 heavy (non-hydrogen) atoms. The highest BCUT2D eigenvalue weighted by Gasteiger charge is 2.03. The monoisotopic (exact) mass is 154 g/mol. The van der Waals surface area contributed by atoms with E-state index < -0.39 is 0 Å². The lowest BCUT2D eigenvalue weighted by Gasteiger charge is -2.18. The molecule has 1 rings (SSSR count). The minimum atomic E-state index is -0.295. The summed E-state index contributed by atoms with van der Waals surface area (Å²) in [5.74, 6) is 0. The lowest BCUT2D eigenvalue weighted by atomic mass is 10.3. The number of dihydropyridines is 1. The van der Waals surface area contributed by atoms with Crippen LogP contribution in [0.15, 0.2) is 24.4 Å². The fourth-order valence-electron chi connectivity index (χ4n) is 0.870. The van der Waals surface area contributed by atoms with Crippen LogP contribution >= 0.6 is 0 Å². The van der Waals surface area contributed by atoms with Crippen LogP contribution in [0.5, 0.6) is 0 Å². The Labute approximate surface area is 66.8 Å². The minimum absolute atomic E-state index is 0.162. The molecule has 0 bridgehead atoms. The van der Waals surface area contributed by atoms with Gasteiger partial charge in [0.25, 0.3) is 0 Å². The molecule has 0 radical (unpaired) electrons. The van der Waals surface area contributed by atoms with Gasteiger partial charge in [-0.3, -0.25) is 5.32 Å². The van der Waals surface area contributed by atoms with Crippen LogP contribution in [0.4, 0.5) is 0 Å². The number of aliphatic hydroxyl groups excluding tert-OH is 1. The van der Waals surface area contributed by atoms with Crippen LogP contribution in [-0.4, -0.2) is 23.9 Å². The molecule has 1 unspecified atom stereocenters. The molecule has 2 atom stereocenters. The van der Waals surface area contributed by atoms with Gasteiger partial charge in [-0.1, -0.05) is 6.08 Å². The molecule has 3 heteroatoms. The number of allylic oxidation sites excluding steroid dienone is 2. The molecule has 0 amide bonds. The van der Waals surface area contributed by atoms with Crippen molar-refractivity contribution in [1.29, 1.82) is 0 Å². The number of hydrogen-bond donors (Lipinski definition) is 3. The molecule has 62 valence electrons. The second-order valence-electron chi connectivity index (χ2n) is 2.65. The summed E-state index contributed by atoms with van der Waals surface area (Å²) < 4.78 is 0. The van der Waals surface area contributed by atoms with E-state index in [4.69, 9.17) is 5.11 Å². The smallest absolute Gasteiger partial charge is 0.0960 e. The SMILES string of the molecule is C[C@H](O)CNC1C=CC=CN1. The molecule has 0 aromatic carbocycles. The van der Waals surface area contributed by atoms with Crippen molar-refractivity contribution in [1.82, 2.24) is 10.6 Å². The minimum Gasteiger partial charge on any atom is -0.392 e. The summed E-state index contributed by atoms with van der Waals surface area (Å²) in [5.41, 5.74) is 0. The average molecular weight is 154 g/mol. The highest BCUT2D eigenvalue weighted by Crippen LogP contribution is 1.90. The Kier molecular flexibility index (Phi) is 3.14. The van der Waals surface area contributed by atoms with Gasteiger partial charge in [-0.15, -0.1) is 0 Å². The van der Waals surface area contributed by atoms with E-state index in [0.717, 1.165) is 0 Å². The number of nitrogens with one attached hydrogen (secondary N) is 2. The van der Waals surface area contributed by atoms with E-state index in [2.05, 4.69) is 10.6 Å². The van der Waals surface area contributed by atoms with Crippen molar-refractivity contribution in [2.75, 3.05) is 6.54 Å². The second-order valence-corrected chi connectivity index (χ2v) is 2.65. The van der Waals surface area contributed by atoms with Crippen molar-refractivity contribution >= 4 is 0 Å². The van der Waals surface area contributed by atoms with E-state index in [1.165, 1.54) is 0 Å². The molecule has 0 spiro atoms. The summed E-state index contributed by atoms with van der Waals surface area (Å²) in [6.07, 6.45) is 7.64. The summed E-state index contributed by atoms with van der Waals surface area (Å²) in [6, 6.07) is 0. The van der Waals surface area contributed by atoms with Gasteiger partial charge in [-0.25, -0.2) is 0 Å². The summed E-state index contributed by atoms with van der Waals surface area (Å²) in [7, 11) is 0. The summed E-state index contributed by atoms with van der Waals surface area (Å²) in [4.78, 5) is 0. The zero-order chi connectivity index (χ0) is 8.10. The maximum Gasteiger partial charge on any atom is 0.0960 e. The van der Waals surface area contributed by atoms with Crippen molar-refractivity contribution in [3.05, 3.63) is 24.4 Å². The molecule has 0 aromatic rings. The van der Waals surface area contributed by atoms with E-state index in [-0.39, 0.29) is 12.3 Å². The van der Waals surface area contributed by atoms with Gasteiger partial charge in [0.15, 0.2) is 0 Å². The largest absolute Gasteiger partial charge is 0.392 e. The van der Waals surface area contributed by atoms with E-state index in [1.54, 1.807) is 6.92 Å². The number of rotatable bonds is 3. The van der Waals surface area contributed by atoms with Gasteiger partial charge in [0, 0.05) is 6.54 Å². The zero-order valence-corrected chi connectivity index (χ0v) is 6.62. The van der Waals surface area contributed by atoms with Gasteiger partial charge in [-0.2, -0.15) is 0 Å². The van der Waals surface area contributed by atoms with Crippen molar-refractivity contribution in [3.63, 3.8) is 0 Å². The molecule has 1 aliphatic rings. The van der Waals surface area contributed by atoms with E-state index in [9.17, 15) is 0 Å². The van der Waals surface area contributed by atoms with Crippen molar-refractivity contribution in [3.8, 4) is 0 Å². The molecule has 1 aliphatic heterocycles. The number of hydrogen-bond acceptors (Lipinski definition) is 3. The molecular formula is C8H14N2O. The molecular weight excluding hydrogens is 140 g/mol. The van der Waals surface area contributed by atoms with Crippen molar-refractivity contribution < 1.29 is 5.11 Å². The highest BCUT2D eigenvalue weighted by atomic mass is 16.3. The van der Waals surface area contributed by atoms with Crippen LogP contribution < -0.4 is 10.6 Å². The third kappa shape index (κ3) is 3.20. The molecule has 1 heterocycles. The topological polar surface area (TPSA) is 44.3 Å². The molecule has 0 fully saturated rings. The van der Waals surface area contributed by atoms with Gasteiger partial charge < -0.3 is 10.4 Å². The summed E-state index contributed by atoms with van der Waals surface area (Å²) in [6.45, 7) is 2.37. The molecule has 0 saturated heterocycles. The first-order valence-corrected chi connectivity index (χ1v) is 3.80. The molecule has 3 nitrogen and oxygen atoms in total. The quantitative estimate of drug-likeness (QED) is 0.534. The first kappa shape index (κ1) is 8.30. The fourth-order valence-corrected chi connectivity index (χ4v) is 0.870. The Hall–Kier alpha value is -0.800. The number of aliphatic hydroxyl groups is 1. The Morgan fingerprint density at radius 1 is 1.64 bits per heavy atom. The zero-order valence-electron chi connectivity index (χ0n) is 6.62. The van der Waals surface area contributed by atoms with E-state index >= 15 is 0 Å². The fraction of sp³-hybridized carbons (Fsp3) is 0.500. The van der Waals surface area contributed by atoms with Crippen molar-refractivity contribution in [2.24, 2.45) is 0 Å². The molecule has 0 aliphatic carbocycles. The van der Waals surface area contributed by atoms with Crippen molar-refractivity contribution in [2.45, 2.75) is 19.2 Å². The highest BCUT2D eigenvalue weighted by molar-refractivity contribution is 5.11. The summed E-state index contributed by atoms with van der Waals surface area (Å²) in [5, 5.41) is 15.2. The molecule has 0 saturated carbocycles. The first-order valence-electron chi connectivity index (χ1n) is 3.80. The van der Waals surface area contributed by atoms with Gasteiger partial charge in [0.2, 0.25) is 0 Å². The van der Waals surface area contributed by atoms with Crippen LogP contribution in [0.25, 0.3) is 0 Å².